The minimum atomic E-state index is 0.0241. The van der Waals surface area contributed by atoms with Crippen molar-refractivity contribution in [1.29, 1.82) is 0 Å². The van der Waals surface area contributed by atoms with Crippen molar-refractivity contribution in [2.75, 3.05) is 6.54 Å². The summed E-state index contributed by atoms with van der Waals surface area (Å²) in [6.07, 6.45) is 8.14. The van der Waals surface area contributed by atoms with Crippen LogP contribution in [0.1, 0.15) is 73.5 Å². The maximum Gasteiger partial charge on any atom is 0.274 e. The summed E-state index contributed by atoms with van der Waals surface area (Å²) in [5, 5.41) is 7.35. The number of imidazole rings is 1. The van der Waals surface area contributed by atoms with Gasteiger partial charge in [0.05, 0.1) is 6.04 Å². The van der Waals surface area contributed by atoms with Crippen LogP contribution in [0.4, 0.5) is 0 Å². The van der Waals surface area contributed by atoms with Crippen LogP contribution in [0.25, 0.3) is 0 Å². The first-order valence-corrected chi connectivity index (χ1v) is 9.00. The summed E-state index contributed by atoms with van der Waals surface area (Å²) in [4.78, 5) is 19.7. The Balaban J connectivity index is 1.64. The molecule has 1 N–H and O–H groups in total. The second-order valence-corrected chi connectivity index (χ2v) is 7.46. The van der Waals surface area contributed by atoms with Gasteiger partial charge in [-0.15, -0.1) is 0 Å². The van der Waals surface area contributed by atoms with Gasteiger partial charge in [-0.1, -0.05) is 13.8 Å². The molecular formula is C18H25N5O. The van der Waals surface area contributed by atoms with Crippen molar-refractivity contribution < 1.29 is 4.79 Å². The first-order valence-electron chi connectivity index (χ1n) is 9.00. The molecule has 24 heavy (non-hydrogen) atoms. The van der Waals surface area contributed by atoms with Crippen molar-refractivity contribution in [2.45, 2.75) is 58.0 Å². The van der Waals surface area contributed by atoms with Crippen molar-refractivity contribution in [2.24, 2.45) is 5.92 Å². The number of hydrogen-bond acceptors (Lipinski definition) is 3. The molecule has 0 bridgehead atoms. The van der Waals surface area contributed by atoms with Gasteiger partial charge < -0.3 is 9.47 Å². The number of H-pyrrole nitrogens is 1. The summed E-state index contributed by atoms with van der Waals surface area (Å²) >= 11 is 0. The van der Waals surface area contributed by atoms with E-state index >= 15 is 0 Å². The van der Waals surface area contributed by atoms with Gasteiger partial charge in [-0.05, 0) is 37.7 Å². The molecule has 1 atom stereocenters. The van der Waals surface area contributed by atoms with Crippen molar-refractivity contribution in [3.63, 3.8) is 0 Å². The predicted octanol–water partition coefficient (Wildman–Crippen LogP) is 3.12. The number of rotatable bonds is 4. The molecule has 6 nitrogen and oxygen atoms in total. The fourth-order valence-electron chi connectivity index (χ4n) is 3.63. The van der Waals surface area contributed by atoms with Crippen LogP contribution in [0, 0.1) is 5.92 Å². The van der Waals surface area contributed by atoms with E-state index in [1.165, 1.54) is 12.8 Å². The lowest BCUT2D eigenvalue weighted by atomic mass is 10.0. The Kier molecular flexibility index (Phi) is 3.90. The minimum Gasteiger partial charge on any atom is -0.333 e. The van der Waals surface area contributed by atoms with Crippen LogP contribution in [0.2, 0.25) is 0 Å². The van der Waals surface area contributed by atoms with E-state index in [9.17, 15) is 4.79 Å². The highest BCUT2D eigenvalue weighted by Gasteiger charge is 2.33. The van der Waals surface area contributed by atoms with Crippen molar-refractivity contribution in [3.8, 4) is 0 Å². The van der Waals surface area contributed by atoms with E-state index < -0.39 is 0 Å². The number of nitrogens with one attached hydrogen (secondary N) is 1. The molecule has 1 fully saturated rings. The van der Waals surface area contributed by atoms with Crippen LogP contribution in [-0.2, 0) is 6.54 Å². The molecule has 2 aliphatic rings. The topological polar surface area (TPSA) is 66.8 Å². The van der Waals surface area contributed by atoms with Gasteiger partial charge in [-0.2, -0.15) is 5.10 Å². The Morgan fingerprint density at radius 1 is 1.38 bits per heavy atom. The first kappa shape index (κ1) is 15.4. The Labute approximate surface area is 142 Å². The number of aromatic amines is 1. The zero-order valence-corrected chi connectivity index (χ0v) is 14.4. The number of carbonyl (C=O) groups is 1. The van der Waals surface area contributed by atoms with Crippen molar-refractivity contribution in [3.05, 3.63) is 35.7 Å². The molecule has 1 saturated carbocycles. The average Bonchev–Trinajstić information content (AvgIpc) is 3.15. The molecule has 1 amide bonds. The fourth-order valence-corrected chi connectivity index (χ4v) is 3.63. The lowest BCUT2D eigenvalue weighted by Gasteiger charge is -2.30. The molecule has 1 aliphatic heterocycles. The zero-order chi connectivity index (χ0) is 16.7. The van der Waals surface area contributed by atoms with Gasteiger partial charge in [-0.3, -0.25) is 9.89 Å². The van der Waals surface area contributed by atoms with Crippen molar-refractivity contribution in [1.82, 2.24) is 24.6 Å². The van der Waals surface area contributed by atoms with Crippen molar-refractivity contribution >= 4 is 5.91 Å². The SMILES string of the molecule is CC(C)CC1c2nccn2CCCN1C(=O)c1cc(C2CC2)[nH]n1. The van der Waals surface area contributed by atoms with E-state index in [0.29, 0.717) is 17.5 Å². The largest absolute Gasteiger partial charge is 0.333 e. The number of nitrogens with zero attached hydrogens (tertiary/aromatic N) is 4. The van der Waals surface area contributed by atoms with Gasteiger partial charge in [0.15, 0.2) is 0 Å². The summed E-state index contributed by atoms with van der Waals surface area (Å²) in [6, 6.07) is 1.97. The van der Waals surface area contributed by atoms with Crippen LogP contribution < -0.4 is 0 Å². The van der Waals surface area contributed by atoms with Gasteiger partial charge >= 0.3 is 0 Å². The third-order valence-electron chi connectivity index (χ3n) is 5.01. The standard InChI is InChI=1S/C18H25N5O/c1-12(2)10-16-17-19-6-9-22(17)7-3-8-23(16)18(24)15-11-14(20-21-15)13-4-5-13/h6,9,11-13,16H,3-5,7-8,10H2,1-2H3,(H,20,21). The summed E-state index contributed by atoms with van der Waals surface area (Å²) in [7, 11) is 0. The molecular weight excluding hydrogens is 302 g/mol. The van der Waals surface area contributed by atoms with Gasteiger partial charge in [0.2, 0.25) is 0 Å². The fraction of sp³-hybridized carbons (Fsp3) is 0.611. The Morgan fingerprint density at radius 3 is 2.96 bits per heavy atom. The molecule has 1 aliphatic carbocycles. The summed E-state index contributed by atoms with van der Waals surface area (Å²) < 4.78 is 2.19. The molecule has 2 aromatic rings. The lowest BCUT2D eigenvalue weighted by Crippen LogP contribution is -2.36. The van der Waals surface area contributed by atoms with Gasteiger partial charge in [0, 0.05) is 37.1 Å². The number of hydrogen-bond donors (Lipinski definition) is 1. The van der Waals surface area contributed by atoms with E-state index in [-0.39, 0.29) is 11.9 Å². The summed E-state index contributed by atoms with van der Waals surface area (Å²) in [6.45, 7) is 6.06. The Hall–Kier alpha value is -2.11. The number of aryl methyl sites for hydroxylation is 1. The molecule has 1 unspecified atom stereocenters. The third kappa shape index (κ3) is 2.85. The molecule has 6 heteroatoms. The van der Waals surface area contributed by atoms with E-state index in [0.717, 1.165) is 37.4 Å². The number of aromatic nitrogens is 4. The van der Waals surface area contributed by atoms with Crippen LogP contribution in [0.15, 0.2) is 18.5 Å². The van der Waals surface area contributed by atoms with E-state index in [4.69, 9.17) is 0 Å². The van der Waals surface area contributed by atoms with Crippen LogP contribution in [0.3, 0.4) is 0 Å². The highest BCUT2D eigenvalue weighted by molar-refractivity contribution is 5.92. The Bertz CT molecular complexity index is 727. The number of fused-ring (bicyclic) bond motifs is 1. The van der Waals surface area contributed by atoms with Crippen LogP contribution >= 0.6 is 0 Å². The normalized spacial score (nSPS) is 21.0. The lowest BCUT2D eigenvalue weighted by molar-refractivity contribution is 0.0646. The first-order chi connectivity index (χ1) is 11.6. The van der Waals surface area contributed by atoms with Crippen LogP contribution in [0.5, 0.6) is 0 Å². The molecule has 0 aromatic carbocycles. The smallest absolute Gasteiger partial charge is 0.274 e. The van der Waals surface area contributed by atoms with Gasteiger partial charge in [0.25, 0.3) is 5.91 Å². The summed E-state index contributed by atoms with van der Waals surface area (Å²) in [5.74, 6) is 2.11. The molecule has 0 saturated heterocycles. The molecule has 4 rings (SSSR count). The van der Waals surface area contributed by atoms with E-state index in [1.807, 2.05) is 23.4 Å². The second kappa shape index (κ2) is 6.07. The molecule has 128 valence electrons. The highest BCUT2D eigenvalue weighted by Crippen LogP contribution is 2.39. The predicted molar refractivity (Wildman–Crippen MR) is 90.6 cm³/mol. The minimum absolute atomic E-state index is 0.0241. The van der Waals surface area contributed by atoms with Gasteiger partial charge in [0.1, 0.15) is 11.5 Å². The molecule has 3 heterocycles. The molecule has 0 radical (unpaired) electrons. The maximum absolute atomic E-state index is 13.1. The number of carbonyl (C=O) groups excluding carboxylic acids is 1. The maximum atomic E-state index is 13.1. The monoisotopic (exact) mass is 327 g/mol. The Morgan fingerprint density at radius 2 is 2.21 bits per heavy atom. The molecule has 0 spiro atoms. The van der Waals surface area contributed by atoms with E-state index in [1.54, 1.807) is 0 Å². The second-order valence-electron chi connectivity index (χ2n) is 7.46. The average molecular weight is 327 g/mol. The number of amides is 1. The van der Waals surface area contributed by atoms with Gasteiger partial charge in [-0.25, -0.2) is 4.98 Å². The third-order valence-corrected chi connectivity index (χ3v) is 5.01. The highest BCUT2D eigenvalue weighted by atomic mass is 16.2. The zero-order valence-electron chi connectivity index (χ0n) is 14.4. The quantitative estimate of drug-likeness (QED) is 0.938. The summed E-state index contributed by atoms with van der Waals surface area (Å²) in [5.41, 5.74) is 1.65. The van der Waals surface area contributed by atoms with E-state index in [2.05, 4.69) is 33.6 Å². The van der Waals surface area contributed by atoms with Crippen LogP contribution in [-0.4, -0.2) is 37.1 Å². The molecule has 2 aromatic heterocycles.